The van der Waals surface area contributed by atoms with Crippen LogP contribution in [-0.2, 0) is 11.4 Å². The van der Waals surface area contributed by atoms with Crippen LogP contribution in [0.4, 0.5) is 5.69 Å². The van der Waals surface area contributed by atoms with E-state index in [2.05, 4.69) is 22.5 Å². The first-order valence-corrected chi connectivity index (χ1v) is 10.2. The highest BCUT2D eigenvalue weighted by atomic mass is 16.7. The SMILES string of the molecule is CCn1ncc2c(NC3CCC3)c(C3=NOC4(CCC(O)CC4)C3)cnc21. The molecule has 5 rings (SSSR count). The molecule has 3 heterocycles. The molecule has 0 bridgehead atoms. The van der Waals surface area contributed by atoms with Crippen molar-refractivity contribution in [2.75, 3.05) is 5.32 Å². The van der Waals surface area contributed by atoms with Crippen LogP contribution in [0.1, 0.15) is 63.9 Å². The normalized spacial score (nSPS) is 28.2. The van der Waals surface area contributed by atoms with Crippen molar-refractivity contribution in [3.8, 4) is 0 Å². The minimum atomic E-state index is -0.245. The van der Waals surface area contributed by atoms with Crippen LogP contribution in [0.15, 0.2) is 17.5 Å². The topological polar surface area (TPSA) is 84.6 Å². The number of anilines is 1. The molecule has 0 atom stereocenters. The Labute approximate surface area is 158 Å². The van der Waals surface area contributed by atoms with Gasteiger partial charge in [0.2, 0.25) is 0 Å². The van der Waals surface area contributed by atoms with Crippen LogP contribution < -0.4 is 5.32 Å². The Morgan fingerprint density at radius 3 is 2.78 bits per heavy atom. The van der Waals surface area contributed by atoms with Crippen LogP contribution in [0.5, 0.6) is 0 Å². The Morgan fingerprint density at radius 2 is 2.07 bits per heavy atom. The summed E-state index contributed by atoms with van der Waals surface area (Å²) in [5, 5.41) is 23.6. The summed E-state index contributed by atoms with van der Waals surface area (Å²) in [7, 11) is 0. The van der Waals surface area contributed by atoms with Crippen LogP contribution in [0.25, 0.3) is 11.0 Å². The number of aliphatic hydroxyl groups excluding tert-OH is 1. The van der Waals surface area contributed by atoms with Gasteiger partial charge >= 0.3 is 0 Å². The molecule has 7 heteroatoms. The summed E-state index contributed by atoms with van der Waals surface area (Å²) in [5.41, 5.74) is 3.77. The molecule has 2 aliphatic carbocycles. The minimum absolute atomic E-state index is 0.197. The summed E-state index contributed by atoms with van der Waals surface area (Å²) in [6.45, 7) is 2.88. The maximum Gasteiger partial charge on any atom is 0.159 e. The molecular formula is C20H27N5O2. The molecule has 0 radical (unpaired) electrons. The van der Waals surface area contributed by atoms with E-state index in [-0.39, 0.29) is 11.7 Å². The van der Waals surface area contributed by atoms with Crippen LogP contribution >= 0.6 is 0 Å². The van der Waals surface area contributed by atoms with Gasteiger partial charge in [-0.15, -0.1) is 0 Å². The number of aliphatic hydroxyl groups is 1. The van der Waals surface area contributed by atoms with Crippen molar-refractivity contribution in [2.45, 2.75) is 82.6 Å². The van der Waals surface area contributed by atoms with Gasteiger partial charge in [0.15, 0.2) is 5.65 Å². The number of rotatable bonds is 4. The first kappa shape index (κ1) is 17.0. The minimum Gasteiger partial charge on any atom is -0.393 e. The third-order valence-electron chi connectivity index (χ3n) is 6.44. The molecule has 0 unspecified atom stereocenters. The number of hydrogen-bond acceptors (Lipinski definition) is 6. The first-order valence-electron chi connectivity index (χ1n) is 10.2. The van der Waals surface area contributed by atoms with Crippen molar-refractivity contribution in [2.24, 2.45) is 5.16 Å². The zero-order valence-corrected chi connectivity index (χ0v) is 15.8. The molecule has 2 saturated carbocycles. The number of fused-ring (bicyclic) bond motifs is 1. The predicted molar refractivity (Wildman–Crippen MR) is 104 cm³/mol. The number of hydrogen-bond donors (Lipinski definition) is 2. The molecule has 2 aromatic heterocycles. The van der Waals surface area contributed by atoms with Crippen molar-refractivity contribution >= 4 is 22.4 Å². The van der Waals surface area contributed by atoms with Gasteiger partial charge in [-0.3, -0.25) is 0 Å². The molecule has 7 nitrogen and oxygen atoms in total. The highest BCUT2D eigenvalue weighted by Gasteiger charge is 2.43. The number of aromatic nitrogens is 3. The summed E-state index contributed by atoms with van der Waals surface area (Å²) >= 11 is 0. The van der Waals surface area contributed by atoms with Crippen molar-refractivity contribution in [3.05, 3.63) is 18.0 Å². The highest BCUT2D eigenvalue weighted by Crippen LogP contribution is 2.41. The number of aryl methyl sites for hydroxylation is 1. The van der Waals surface area contributed by atoms with Gasteiger partial charge in [-0.25, -0.2) is 9.67 Å². The van der Waals surface area contributed by atoms with Crippen LogP contribution in [0, 0.1) is 0 Å². The van der Waals surface area contributed by atoms with Gasteiger partial charge in [-0.2, -0.15) is 5.10 Å². The lowest BCUT2D eigenvalue weighted by Crippen LogP contribution is -2.36. The first-order chi connectivity index (χ1) is 13.2. The Hall–Kier alpha value is -2.15. The summed E-state index contributed by atoms with van der Waals surface area (Å²) in [6.07, 6.45) is 11.4. The number of nitrogens with one attached hydrogen (secondary N) is 1. The fourth-order valence-electron chi connectivity index (χ4n) is 4.45. The molecule has 1 aliphatic heterocycles. The van der Waals surface area contributed by atoms with Gasteiger partial charge in [0.1, 0.15) is 5.60 Å². The third kappa shape index (κ3) is 2.88. The second kappa shape index (κ2) is 6.48. The van der Waals surface area contributed by atoms with Crippen LogP contribution in [0.3, 0.4) is 0 Å². The number of oxime groups is 1. The Morgan fingerprint density at radius 1 is 1.26 bits per heavy atom. The molecule has 2 aromatic rings. The summed E-state index contributed by atoms with van der Waals surface area (Å²) in [6, 6.07) is 0.515. The third-order valence-corrected chi connectivity index (χ3v) is 6.44. The molecule has 3 aliphatic rings. The van der Waals surface area contributed by atoms with E-state index in [1.165, 1.54) is 19.3 Å². The quantitative estimate of drug-likeness (QED) is 0.864. The average Bonchev–Trinajstić information content (AvgIpc) is 3.25. The lowest BCUT2D eigenvalue weighted by molar-refractivity contribution is -0.0676. The van der Waals surface area contributed by atoms with Crippen LogP contribution in [0.2, 0.25) is 0 Å². The van der Waals surface area contributed by atoms with E-state index >= 15 is 0 Å². The fourth-order valence-corrected chi connectivity index (χ4v) is 4.45. The second-order valence-electron chi connectivity index (χ2n) is 8.24. The lowest BCUT2D eigenvalue weighted by atomic mass is 9.79. The van der Waals surface area contributed by atoms with Crippen molar-refractivity contribution < 1.29 is 9.94 Å². The molecule has 144 valence electrons. The molecular weight excluding hydrogens is 342 g/mol. The zero-order chi connectivity index (χ0) is 18.4. The van der Waals surface area contributed by atoms with Gasteiger partial charge in [-0.1, -0.05) is 5.16 Å². The van der Waals surface area contributed by atoms with E-state index < -0.39 is 0 Å². The standard InChI is InChI=1S/C20H27N5O2/c1-2-25-19-16(12-22-25)18(23-13-4-3-5-13)15(11-21-19)17-10-20(27-24-17)8-6-14(26)7-9-20/h11-14,26H,2-10H2,1H3,(H,21,23). The molecule has 27 heavy (non-hydrogen) atoms. The Bertz CT molecular complexity index is 878. The Balaban J connectivity index is 1.50. The molecule has 2 fully saturated rings. The van der Waals surface area contributed by atoms with E-state index in [1.807, 2.05) is 17.1 Å². The van der Waals surface area contributed by atoms with Crippen LogP contribution in [-0.4, -0.2) is 43.3 Å². The summed E-state index contributed by atoms with van der Waals surface area (Å²) in [4.78, 5) is 10.6. The summed E-state index contributed by atoms with van der Waals surface area (Å²) < 4.78 is 1.93. The van der Waals surface area contributed by atoms with Crippen molar-refractivity contribution in [1.29, 1.82) is 0 Å². The zero-order valence-electron chi connectivity index (χ0n) is 15.8. The highest BCUT2D eigenvalue weighted by molar-refractivity contribution is 6.10. The van der Waals surface area contributed by atoms with Crippen molar-refractivity contribution in [1.82, 2.24) is 14.8 Å². The second-order valence-corrected chi connectivity index (χ2v) is 8.24. The maximum atomic E-state index is 9.83. The van der Waals surface area contributed by atoms with Crippen molar-refractivity contribution in [3.63, 3.8) is 0 Å². The fraction of sp³-hybridized carbons (Fsp3) is 0.650. The van der Waals surface area contributed by atoms with Gasteiger partial charge in [0.25, 0.3) is 0 Å². The largest absolute Gasteiger partial charge is 0.393 e. The van der Waals surface area contributed by atoms with Gasteiger partial charge in [0.05, 0.1) is 29.1 Å². The number of nitrogens with zero attached hydrogens (tertiary/aromatic N) is 4. The molecule has 1 spiro atoms. The molecule has 0 saturated heterocycles. The van der Waals surface area contributed by atoms with Gasteiger partial charge < -0.3 is 15.3 Å². The van der Waals surface area contributed by atoms with E-state index in [9.17, 15) is 5.11 Å². The molecule has 0 amide bonds. The average molecular weight is 369 g/mol. The smallest absolute Gasteiger partial charge is 0.159 e. The monoisotopic (exact) mass is 369 g/mol. The maximum absolute atomic E-state index is 9.83. The Kier molecular flexibility index (Phi) is 4.07. The van der Waals surface area contributed by atoms with E-state index in [1.54, 1.807) is 0 Å². The number of pyridine rings is 1. The van der Waals surface area contributed by atoms with Gasteiger partial charge in [0, 0.05) is 30.8 Å². The van der Waals surface area contributed by atoms with E-state index in [0.29, 0.717) is 6.04 Å². The van der Waals surface area contributed by atoms with E-state index in [0.717, 1.165) is 66.6 Å². The summed E-state index contributed by atoms with van der Waals surface area (Å²) in [5.74, 6) is 0. The lowest BCUT2D eigenvalue weighted by Gasteiger charge is -2.33. The molecule has 0 aromatic carbocycles. The molecule has 2 N–H and O–H groups in total. The van der Waals surface area contributed by atoms with E-state index in [4.69, 9.17) is 9.82 Å². The predicted octanol–water partition coefficient (Wildman–Crippen LogP) is 3.21. The van der Waals surface area contributed by atoms with Gasteiger partial charge in [-0.05, 0) is 51.9 Å².